The number of carbonyl (C=O) groups is 1. The third-order valence-electron chi connectivity index (χ3n) is 4.33. The van der Waals surface area contributed by atoms with Crippen LogP contribution in [-0.2, 0) is 4.79 Å². The molecule has 0 aliphatic carbocycles. The van der Waals surface area contributed by atoms with Crippen LogP contribution in [0.1, 0.15) is 11.1 Å². The van der Waals surface area contributed by atoms with Gasteiger partial charge in [0, 0.05) is 0 Å². The Hall–Kier alpha value is -3.13. The molecule has 2 aromatic heterocycles. The number of aromatic nitrogens is 4. The molecule has 0 unspecified atom stereocenters. The SMILES string of the molecule is Cc1ccc(-n2c(=O)c3ccccc3n3c(SCC(N)=O)nnc23)c(C)c1. The number of nitrogens with two attached hydrogens (primary N) is 1. The standard InChI is InChI=1S/C19H17N5O2S/c1-11-7-8-14(12(2)9-11)23-17(26)13-5-3-4-6-15(13)24-18(23)21-22-19(24)27-10-16(20)25/h3-9H,10H2,1-2H3,(H2,20,25). The van der Waals surface area contributed by atoms with E-state index >= 15 is 0 Å². The number of para-hydroxylation sites is 1. The average molecular weight is 379 g/mol. The van der Waals surface area contributed by atoms with E-state index in [9.17, 15) is 9.59 Å². The molecule has 0 saturated heterocycles. The Morgan fingerprint density at radius 3 is 2.67 bits per heavy atom. The zero-order chi connectivity index (χ0) is 19.1. The molecule has 0 radical (unpaired) electrons. The van der Waals surface area contributed by atoms with Crippen molar-refractivity contribution in [3.63, 3.8) is 0 Å². The molecular formula is C19H17N5O2S. The molecule has 2 N–H and O–H groups in total. The highest BCUT2D eigenvalue weighted by Crippen LogP contribution is 2.24. The van der Waals surface area contributed by atoms with E-state index in [4.69, 9.17) is 5.73 Å². The van der Waals surface area contributed by atoms with Crippen molar-refractivity contribution >= 4 is 34.3 Å². The Morgan fingerprint density at radius 1 is 1.15 bits per heavy atom. The van der Waals surface area contributed by atoms with Crippen LogP contribution in [-0.4, -0.2) is 30.8 Å². The maximum Gasteiger partial charge on any atom is 0.267 e. The molecule has 8 heteroatoms. The molecule has 1 amide bonds. The summed E-state index contributed by atoms with van der Waals surface area (Å²) in [5.41, 5.74) is 8.62. The number of benzene rings is 2. The second-order valence-corrected chi connectivity index (χ2v) is 7.26. The molecule has 7 nitrogen and oxygen atoms in total. The van der Waals surface area contributed by atoms with Gasteiger partial charge in [0.1, 0.15) is 0 Å². The predicted octanol–water partition coefficient (Wildman–Crippen LogP) is 2.23. The molecule has 0 bridgehead atoms. The van der Waals surface area contributed by atoms with Gasteiger partial charge in [0.2, 0.25) is 11.7 Å². The number of fused-ring (bicyclic) bond motifs is 3. The number of amides is 1. The van der Waals surface area contributed by atoms with Crippen molar-refractivity contribution in [2.75, 3.05) is 5.75 Å². The van der Waals surface area contributed by atoms with Crippen LogP contribution in [0.4, 0.5) is 0 Å². The number of rotatable bonds is 4. The minimum atomic E-state index is -0.441. The van der Waals surface area contributed by atoms with E-state index in [0.29, 0.717) is 21.8 Å². The zero-order valence-corrected chi connectivity index (χ0v) is 15.7. The largest absolute Gasteiger partial charge is 0.369 e. The van der Waals surface area contributed by atoms with E-state index in [0.717, 1.165) is 16.8 Å². The first-order chi connectivity index (χ1) is 13.0. The van der Waals surface area contributed by atoms with Crippen molar-refractivity contribution < 1.29 is 4.79 Å². The van der Waals surface area contributed by atoms with E-state index < -0.39 is 5.91 Å². The van der Waals surface area contributed by atoms with Gasteiger partial charge >= 0.3 is 0 Å². The van der Waals surface area contributed by atoms with E-state index in [2.05, 4.69) is 10.2 Å². The number of nitrogens with zero attached hydrogens (tertiary/aromatic N) is 4. The summed E-state index contributed by atoms with van der Waals surface area (Å²) < 4.78 is 3.36. The lowest BCUT2D eigenvalue weighted by Gasteiger charge is -2.13. The normalized spacial score (nSPS) is 11.3. The maximum atomic E-state index is 13.3. The number of primary amides is 1. The lowest BCUT2D eigenvalue weighted by molar-refractivity contribution is -0.115. The molecule has 0 spiro atoms. The summed E-state index contributed by atoms with van der Waals surface area (Å²) in [6.07, 6.45) is 0. The van der Waals surface area contributed by atoms with Gasteiger partial charge < -0.3 is 5.73 Å². The Kier molecular flexibility index (Phi) is 4.19. The van der Waals surface area contributed by atoms with Crippen LogP contribution < -0.4 is 11.3 Å². The molecule has 27 heavy (non-hydrogen) atoms. The van der Waals surface area contributed by atoms with Crippen LogP contribution in [0, 0.1) is 13.8 Å². The minimum absolute atomic E-state index is 0.0812. The maximum absolute atomic E-state index is 13.3. The molecule has 0 aliphatic rings. The third kappa shape index (κ3) is 2.87. The molecule has 4 aromatic rings. The van der Waals surface area contributed by atoms with Crippen LogP contribution >= 0.6 is 11.8 Å². The third-order valence-corrected chi connectivity index (χ3v) is 5.28. The fraction of sp³-hybridized carbons (Fsp3) is 0.158. The number of carbonyl (C=O) groups excluding carboxylic acids is 1. The number of aryl methyl sites for hydroxylation is 2. The first-order valence-electron chi connectivity index (χ1n) is 8.35. The van der Waals surface area contributed by atoms with Gasteiger partial charge in [0.05, 0.1) is 22.3 Å². The highest BCUT2D eigenvalue weighted by atomic mass is 32.2. The van der Waals surface area contributed by atoms with Crippen LogP contribution in [0.5, 0.6) is 0 Å². The van der Waals surface area contributed by atoms with Gasteiger partial charge in [-0.2, -0.15) is 0 Å². The first-order valence-corrected chi connectivity index (χ1v) is 9.33. The Balaban J connectivity index is 2.11. The smallest absolute Gasteiger partial charge is 0.267 e. The summed E-state index contributed by atoms with van der Waals surface area (Å²) in [7, 11) is 0. The molecule has 0 atom stereocenters. The first kappa shape index (κ1) is 17.3. The van der Waals surface area contributed by atoms with Crippen molar-refractivity contribution in [3.05, 3.63) is 63.9 Å². The van der Waals surface area contributed by atoms with Crippen LogP contribution in [0.3, 0.4) is 0 Å². The number of thioether (sulfide) groups is 1. The van der Waals surface area contributed by atoms with Gasteiger partial charge in [-0.3, -0.25) is 14.0 Å². The van der Waals surface area contributed by atoms with Gasteiger partial charge in [-0.1, -0.05) is 41.6 Å². The second-order valence-electron chi connectivity index (χ2n) is 6.32. The Morgan fingerprint density at radius 2 is 1.93 bits per heavy atom. The van der Waals surface area contributed by atoms with Crippen LogP contribution in [0.15, 0.2) is 52.4 Å². The molecule has 136 valence electrons. The fourth-order valence-electron chi connectivity index (χ4n) is 3.18. The highest BCUT2D eigenvalue weighted by molar-refractivity contribution is 7.99. The molecule has 4 rings (SSSR count). The molecule has 0 saturated carbocycles. The summed E-state index contributed by atoms with van der Waals surface area (Å²) >= 11 is 1.20. The van der Waals surface area contributed by atoms with Crippen molar-refractivity contribution in [1.29, 1.82) is 0 Å². The zero-order valence-electron chi connectivity index (χ0n) is 14.8. The molecule has 2 aromatic carbocycles. The van der Waals surface area contributed by atoms with Crippen molar-refractivity contribution in [3.8, 4) is 5.69 Å². The van der Waals surface area contributed by atoms with Crippen LogP contribution in [0.2, 0.25) is 0 Å². The van der Waals surface area contributed by atoms with Gasteiger partial charge in [0.15, 0.2) is 5.16 Å². The molecule has 0 aliphatic heterocycles. The second kappa shape index (κ2) is 6.55. The van der Waals surface area contributed by atoms with E-state index in [1.54, 1.807) is 15.0 Å². The number of hydrogen-bond donors (Lipinski definition) is 1. The van der Waals surface area contributed by atoms with Crippen molar-refractivity contribution in [1.82, 2.24) is 19.2 Å². The van der Waals surface area contributed by atoms with E-state index in [-0.39, 0.29) is 11.3 Å². The Labute approximate surface area is 158 Å². The quantitative estimate of drug-likeness (QED) is 0.549. The molecule has 0 fully saturated rings. The van der Waals surface area contributed by atoms with Gasteiger partial charge in [-0.25, -0.2) is 4.57 Å². The lowest BCUT2D eigenvalue weighted by atomic mass is 10.1. The topological polar surface area (TPSA) is 95.3 Å². The summed E-state index contributed by atoms with van der Waals surface area (Å²) in [4.78, 5) is 24.5. The molecule has 2 heterocycles. The summed E-state index contributed by atoms with van der Waals surface area (Å²) in [5.74, 6) is 0.0408. The molecular weight excluding hydrogens is 362 g/mol. The minimum Gasteiger partial charge on any atom is -0.369 e. The van der Waals surface area contributed by atoms with Crippen molar-refractivity contribution in [2.45, 2.75) is 19.0 Å². The predicted molar refractivity (Wildman–Crippen MR) is 105 cm³/mol. The van der Waals surface area contributed by atoms with Gasteiger partial charge in [-0.05, 0) is 37.6 Å². The summed E-state index contributed by atoms with van der Waals surface area (Å²) in [6, 6.07) is 13.2. The monoisotopic (exact) mass is 379 g/mol. The number of hydrogen-bond acceptors (Lipinski definition) is 5. The Bertz CT molecular complexity index is 1260. The van der Waals surface area contributed by atoms with E-state index in [1.807, 2.05) is 50.2 Å². The summed E-state index contributed by atoms with van der Waals surface area (Å²) in [6.45, 7) is 3.96. The van der Waals surface area contributed by atoms with E-state index in [1.165, 1.54) is 11.8 Å². The summed E-state index contributed by atoms with van der Waals surface area (Å²) in [5, 5.41) is 9.51. The van der Waals surface area contributed by atoms with Crippen LogP contribution in [0.25, 0.3) is 22.4 Å². The fourth-order valence-corrected chi connectivity index (χ4v) is 3.86. The van der Waals surface area contributed by atoms with Crippen molar-refractivity contribution in [2.24, 2.45) is 5.73 Å². The lowest BCUT2D eigenvalue weighted by Crippen LogP contribution is -2.22. The average Bonchev–Trinajstić information content (AvgIpc) is 3.05. The van der Waals surface area contributed by atoms with Gasteiger partial charge in [0.25, 0.3) is 5.56 Å². The van der Waals surface area contributed by atoms with Gasteiger partial charge in [-0.15, -0.1) is 10.2 Å². The highest BCUT2D eigenvalue weighted by Gasteiger charge is 2.19.